The molecule has 2 rings (SSSR count). The third-order valence-corrected chi connectivity index (χ3v) is 5.55. The number of carboxylic acid groups (broad SMARTS) is 1. The number of carbonyl (C=O) groups is 1. The van der Waals surface area contributed by atoms with Crippen LogP contribution < -0.4 is 4.72 Å². The third-order valence-electron chi connectivity index (χ3n) is 3.95. The molecule has 23 heavy (non-hydrogen) atoms. The van der Waals surface area contributed by atoms with E-state index in [1.54, 1.807) is 12.2 Å². The van der Waals surface area contributed by atoms with Gasteiger partial charge in [-0.3, -0.25) is 4.79 Å². The Morgan fingerprint density at radius 1 is 1.35 bits per heavy atom. The molecule has 1 aromatic carbocycles. The van der Waals surface area contributed by atoms with E-state index in [0.717, 1.165) is 5.56 Å². The summed E-state index contributed by atoms with van der Waals surface area (Å²) < 4.78 is 28.5. The van der Waals surface area contributed by atoms with Gasteiger partial charge in [0.1, 0.15) is 0 Å². The number of allylic oxidation sites excluding steroid dienone is 1. The fourth-order valence-corrected chi connectivity index (χ4v) is 3.58. The van der Waals surface area contributed by atoms with E-state index in [4.69, 9.17) is 5.11 Å². The minimum atomic E-state index is -3.64. The van der Waals surface area contributed by atoms with Crippen LogP contribution in [0, 0.1) is 5.92 Å². The van der Waals surface area contributed by atoms with Crippen molar-refractivity contribution in [3.63, 3.8) is 0 Å². The highest BCUT2D eigenvalue weighted by Crippen LogP contribution is 2.19. The number of nitrogens with zero attached hydrogens (tertiary/aromatic N) is 1. The lowest BCUT2D eigenvalue weighted by Gasteiger charge is -2.25. The van der Waals surface area contributed by atoms with Crippen molar-refractivity contribution in [3.8, 4) is 0 Å². The number of rotatable bonds is 7. The first-order valence-corrected chi connectivity index (χ1v) is 8.99. The zero-order valence-corrected chi connectivity index (χ0v) is 13.9. The van der Waals surface area contributed by atoms with Crippen LogP contribution in [0.4, 0.5) is 0 Å². The summed E-state index contributed by atoms with van der Waals surface area (Å²) in [6, 6.07) is 9.18. The lowest BCUT2D eigenvalue weighted by molar-refractivity contribution is -0.142. The van der Waals surface area contributed by atoms with Gasteiger partial charge in [-0.25, -0.2) is 0 Å². The van der Waals surface area contributed by atoms with Gasteiger partial charge in [0.2, 0.25) is 0 Å². The van der Waals surface area contributed by atoms with Gasteiger partial charge in [-0.05, 0) is 24.8 Å². The Morgan fingerprint density at radius 3 is 2.70 bits per heavy atom. The van der Waals surface area contributed by atoms with Crippen molar-refractivity contribution in [2.45, 2.75) is 25.3 Å². The minimum absolute atomic E-state index is 0.275. The second kappa shape index (κ2) is 7.72. The Balaban J connectivity index is 1.91. The standard InChI is InChI=1S/C16H22N2O4S/c1-18(11-10-13-6-3-2-4-7-13)23(21,22)17-15-9-5-8-14(12-15)16(19)20/h2-7,9,14-15,17H,8,10-12H2,1H3,(H,19,20)/t14-,15-/m0/s1. The van der Waals surface area contributed by atoms with Crippen molar-refractivity contribution in [1.29, 1.82) is 0 Å². The molecule has 126 valence electrons. The van der Waals surface area contributed by atoms with Crippen LogP contribution in [0.15, 0.2) is 42.5 Å². The van der Waals surface area contributed by atoms with Crippen LogP contribution in [0.1, 0.15) is 18.4 Å². The van der Waals surface area contributed by atoms with Crippen molar-refractivity contribution in [1.82, 2.24) is 9.03 Å². The van der Waals surface area contributed by atoms with Gasteiger partial charge in [-0.2, -0.15) is 17.4 Å². The second-order valence-electron chi connectivity index (χ2n) is 5.72. The fourth-order valence-electron chi connectivity index (χ4n) is 2.51. The smallest absolute Gasteiger partial charge is 0.306 e. The number of nitrogens with one attached hydrogen (secondary N) is 1. The first-order chi connectivity index (χ1) is 10.9. The van der Waals surface area contributed by atoms with Crippen LogP contribution in [0.2, 0.25) is 0 Å². The SMILES string of the molecule is CN(CCc1ccccc1)S(=O)(=O)N[C@H]1C=CC[C@H](C(=O)O)C1. The van der Waals surface area contributed by atoms with Crippen LogP contribution in [0.3, 0.4) is 0 Å². The van der Waals surface area contributed by atoms with Gasteiger partial charge in [0.25, 0.3) is 10.2 Å². The molecular formula is C16H22N2O4S. The molecule has 0 spiro atoms. The topological polar surface area (TPSA) is 86.7 Å². The van der Waals surface area contributed by atoms with Gasteiger partial charge in [0.15, 0.2) is 0 Å². The average molecular weight is 338 g/mol. The highest BCUT2D eigenvalue weighted by atomic mass is 32.2. The lowest BCUT2D eigenvalue weighted by Crippen LogP contribution is -2.45. The molecule has 0 saturated carbocycles. The van der Waals surface area contributed by atoms with Gasteiger partial charge in [0.05, 0.1) is 5.92 Å². The lowest BCUT2D eigenvalue weighted by atomic mass is 9.92. The Bertz CT molecular complexity index is 658. The molecule has 0 aliphatic heterocycles. The average Bonchev–Trinajstić information content (AvgIpc) is 2.53. The second-order valence-corrected chi connectivity index (χ2v) is 7.53. The number of benzene rings is 1. The molecule has 1 aromatic rings. The van der Waals surface area contributed by atoms with Crippen LogP contribution in [0.5, 0.6) is 0 Å². The van der Waals surface area contributed by atoms with Crippen LogP contribution in [-0.4, -0.2) is 43.4 Å². The van der Waals surface area contributed by atoms with E-state index in [1.165, 1.54) is 11.4 Å². The summed E-state index contributed by atoms with van der Waals surface area (Å²) in [6.07, 6.45) is 4.78. The summed E-state index contributed by atoms with van der Waals surface area (Å²) in [4.78, 5) is 11.0. The van der Waals surface area contributed by atoms with E-state index in [1.807, 2.05) is 30.3 Å². The van der Waals surface area contributed by atoms with Gasteiger partial charge < -0.3 is 5.11 Å². The first kappa shape index (κ1) is 17.7. The molecule has 1 aliphatic carbocycles. The number of aliphatic carboxylic acids is 1. The molecule has 2 atom stereocenters. The third kappa shape index (κ3) is 5.16. The Morgan fingerprint density at radius 2 is 2.04 bits per heavy atom. The number of likely N-dealkylation sites (N-methyl/N-ethyl adjacent to an activating group) is 1. The summed E-state index contributed by atoms with van der Waals surface area (Å²) >= 11 is 0. The molecule has 0 radical (unpaired) electrons. The van der Waals surface area contributed by atoms with E-state index >= 15 is 0 Å². The summed E-state index contributed by atoms with van der Waals surface area (Å²) in [5, 5.41) is 9.05. The highest BCUT2D eigenvalue weighted by Gasteiger charge is 2.28. The van der Waals surface area contributed by atoms with Gasteiger partial charge in [-0.1, -0.05) is 42.5 Å². The largest absolute Gasteiger partial charge is 0.481 e. The van der Waals surface area contributed by atoms with Gasteiger partial charge >= 0.3 is 5.97 Å². The maximum Gasteiger partial charge on any atom is 0.306 e. The molecule has 0 fully saturated rings. The minimum Gasteiger partial charge on any atom is -0.481 e. The highest BCUT2D eigenvalue weighted by molar-refractivity contribution is 7.87. The van der Waals surface area contributed by atoms with Gasteiger partial charge in [0, 0.05) is 19.6 Å². The van der Waals surface area contributed by atoms with Crippen LogP contribution in [-0.2, 0) is 21.4 Å². The summed E-state index contributed by atoms with van der Waals surface area (Å²) in [7, 11) is -2.12. The number of hydrogen-bond donors (Lipinski definition) is 2. The molecule has 0 amide bonds. The van der Waals surface area contributed by atoms with E-state index in [2.05, 4.69) is 4.72 Å². The molecular weight excluding hydrogens is 316 g/mol. The van der Waals surface area contributed by atoms with E-state index in [9.17, 15) is 13.2 Å². The normalized spacial score (nSPS) is 21.5. The zero-order valence-electron chi connectivity index (χ0n) is 13.1. The van der Waals surface area contributed by atoms with Gasteiger partial charge in [-0.15, -0.1) is 0 Å². The molecule has 0 unspecified atom stereocenters. The summed E-state index contributed by atoms with van der Waals surface area (Å²) in [5.74, 6) is -1.43. The maximum absolute atomic E-state index is 12.3. The molecule has 0 saturated heterocycles. The Kier molecular flexibility index (Phi) is 5.92. The van der Waals surface area contributed by atoms with E-state index in [-0.39, 0.29) is 6.42 Å². The summed E-state index contributed by atoms with van der Waals surface area (Å²) in [6.45, 7) is 0.359. The zero-order chi connectivity index (χ0) is 16.9. The molecule has 0 heterocycles. The predicted molar refractivity (Wildman–Crippen MR) is 88.1 cm³/mol. The molecule has 6 nitrogen and oxygen atoms in total. The Labute approximate surface area is 137 Å². The maximum atomic E-state index is 12.3. The monoisotopic (exact) mass is 338 g/mol. The van der Waals surface area contributed by atoms with E-state index in [0.29, 0.717) is 19.4 Å². The molecule has 2 N–H and O–H groups in total. The quantitative estimate of drug-likeness (QED) is 0.736. The summed E-state index contributed by atoms with van der Waals surface area (Å²) in [5.41, 5.74) is 1.07. The van der Waals surface area contributed by atoms with Crippen molar-refractivity contribution in [3.05, 3.63) is 48.0 Å². The van der Waals surface area contributed by atoms with E-state index < -0.39 is 28.1 Å². The predicted octanol–water partition coefficient (Wildman–Crippen LogP) is 1.41. The van der Waals surface area contributed by atoms with Crippen molar-refractivity contribution in [2.24, 2.45) is 5.92 Å². The molecule has 0 bridgehead atoms. The first-order valence-electron chi connectivity index (χ1n) is 7.55. The molecule has 1 aliphatic rings. The van der Waals surface area contributed by atoms with Crippen LogP contribution in [0.25, 0.3) is 0 Å². The number of carboxylic acids is 1. The van der Waals surface area contributed by atoms with Crippen molar-refractivity contribution >= 4 is 16.2 Å². The Hall–Kier alpha value is -1.70. The fraction of sp³-hybridized carbons (Fsp3) is 0.438. The molecule has 7 heteroatoms. The van der Waals surface area contributed by atoms with Crippen molar-refractivity contribution in [2.75, 3.05) is 13.6 Å². The van der Waals surface area contributed by atoms with Crippen LogP contribution >= 0.6 is 0 Å². The van der Waals surface area contributed by atoms with Crippen molar-refractivity contribution < 1.29 is 18.3 Å². The molecule has 0 aromatic heterocycles. The number of hydrogen-bond acceptors (Lipinski definition) is 3.